The second kappa shape index (κ2) is 7.59. The molecular formula is C17H14N6OS. The van der Waals surface area contributed by atoms with Gasteiger partial charge in [0.05, 0.1) is 23.1 Å². The zero-order valence-corrected chi connectivity index (χ0v) is 14.2. The van der Waals surface area contributed by atoms with Crippen molar-refractivity contribution in [2.45, 2.75) is 12.1 Å². The number of hydrogen-bond acceptors (Lipinski definition) is 6. The van der Waals surface area contributed by atoms with Crippen LogP contribution in [0.25, 0.3) is 5.69 Å². The third-order valence-corrected chi connectivity index (χ3v) is 4.33. The fourth-order valence-electron chi connectivity index (χ4n) is 2.18. The molecule has 0 aliphatic rings. The van der Waals surface area contributed by atoms with E-state index >= 15 is 0 Å². The van der Waals surface area contributed by atoms with Crippen molar-refractivity contribution in [3.63, 3.8) is 0 Å². The molecule has 2 aromatic carbocycles. The first-order valence-corrected chi connectivity index (χ1v) is 8.43. The summed E-state index contributed by atoms with van der Waals surface area (Å²) in [6.07, 6.45) is 0. The van der Waals surface area contributed by atoms with Crippen molar-refractivity contribution in [1.29, 1.82) is 5.26 Å². The van der Waals surface area contributed by atoms with Gasteiger partial charge in [0.15, 0.2) is 0 Å². The number of hydrogen-bond donors (Lipinski definition) is 1. The highest BCUT2D eigenvalue weighted by molar-refractivity contribution is 7.99. The van der Waals surface area contributed by atoms with Crippen LogP contribution in [0.15, 0.2) is 53.7 Å². The SMILES string of the molecule is Cc1ccccc1-n1nnnc1SCC(=O)Nc1ccc(C#N)cc1. The third-order valence-electron chi connectivity index (χ3n) is 3.41. The number of aryl methyl sites for hydroxylation is 1. The number of anilines is 1. The lowest BCUT2D eigenvalue weighted by atomic mass is 10.2. The quantitative estimate of drug-likeness (QED) is 0.711. The van der Waals surface area contributed by atoms with Crippen LogP contribution in [0, 0.1) is 18.3 Å². The molecule has 1 aromatic heterocycles. The summed E-state index contributed by atoms with van der Waals surface area (Å²) < 4.78 is 1.62. The van der Waals surface area contributed by atoms with Crippen molar-refractivity contribution in [3.8, 4) is 11.8 Å². The summed E-state index contributed by atoms with van der Waals surface area (Å²) in [6.45, 7) is 1.98. The normalized spacial score (nSPS) is 10.2. The van der Waals surface area contributed by atoms with Crippen molar-refractivity contribution in [3.05, 3.63) is 59.7 Å². The van der Waals surface area contributed by atoms with Crippen LogP contribution in [-0.4, -0.2) is 31.9 Å². The first-order chi connectivity index (χ1) is 12.2. The highest BCUT2D eigenvalue weighted by Gasteiger charge is 2.13. The van der Waals surface area contributed by atoms with Crippen molar-refractivity contribution in [2.24, 2.45) is 0 Å². The molecule has 1 amide bonds. The monoisotopic (exact) mass is 350 g/mol. The molecule has 7 nitrogen and oxygen atoms in total. The molecule has 0 bridgehead atoms. The minimum absolute atomic E-state index is 0.172. The fraction of sp³-hybridized carbons (Fsp3) is 0.118. The Morgan fingerprint density at radius 3 is 2.72 bits per heavy atom. The van der Waals surface area contributed by atoms with Crippen LogP contribution in [-0.2, 0) is 4.79 Å². The molecular weight excluding hydrogens is 336 g/mol. The molecule has 0 fully saturated rings. The van der Waals surface area contributed by atoms with Crippen LogP contribution in [0.5, 0.6) is 0 Å². The van der Waals surface area contributed by atoms with E-state index in [2.05, 4.69) is 20.8 Å². The summed E-state index contributed by atoms with van der Waals surface area (Å²) in [5.41, 5.74) is 3.11. The van der Waals surface area contributed by atoms with Crippen LogP contribution in [0.2, 0.25) is 0 Å². The predicted octanol–water partition coefficient (Wildman–Crippen LogP) is 2.57. The Morgan fingerprint density at radius 2 is 2.00 bits per heavy atom. The highest BCUT2D eigenvalue weighted by Crippen LogP contribution is 2.20. The molecule has 25 heavy (non-hydrogen) atoms. The summed E-state index contributed by atoms with van der Waals surface area (Å²) in [5.74, 6) is 0.000689. The van der Waals surface area contributed by atoms with Gasteiger partial charge in [0.2, 0.25) is 11.1 Å². The Hall–Kier alpha value is -3.18. The lowest BCUT2D eigenvalue weighted by Gasteiger charge is -2.07. The summed E-state index contributed by atoms with van der Waals surface area (Å²) in [5, 5.41) is 23.8. The molecule has 0 atom stereocenters. The van der Waals surface area contributed by atoms with Gasteiger partial charge in [-0.3, -0.25) is 4.79 Å². The molecule has 0 aliphatic heterocycles. The fourth-order valence-corrected chi connectivity index (χ4v) is 2.86. The van der Waals surface area contributed by atoms with Gasteiger partial charge in [-0.25, -0.2) is 0 Å². The molecule has 0 unspecified atom stereocenters. The summed E-state index contributed by atoms with van der Waals surface area (Å²) in [7, 11) is 0. The molecule has 124 valence electrons. The smallest absolute Gasteiger partial charge is 0.234 e. The van der Waals surface area contributed by atoms with Crippen LogP contribution >= 0.6 is 11.8 Å². The van der Waals surface area contributed by atoms with E-state index in [0.717, 1.165) is 11.3 Å². The molecule has 3 aromatic rings. The Labute approximate surface area is 148 Å². The number of para-hydroxylation sites is 1. The zero-order chi connectivity index (χ0) is 17.6. The Balaban J connectivity index is 1.64. The van der Waals surface area contributed by atoms with Gasteiger partial charge in [-0.1, -0.05) is 30.0 Å². The molecule has 0 radical (unpaired) electrons. The van der Waals surface area contributed by atoms with Gasteiger partial charge in [-0.15, -0.1) is 5.10 Å². The van der Waals surface area contributed by atoms with E-state index in [0.29, 0.717) is 16.4 Å². The van der Waals surface area contributed by atoms with E-state index < -0.39 is 0 Å². The molecule has 0 spiro atoms. The van der Waals surface area contributed by atoms with Crippen molar-refractivity contribution in [1.82, 2.24) is 20.2 Å². The third kappa shape index (κ3) is 4.02. The van der Waals surface area contributed by atoms with Gasteiger partial charge in [0.25, 0.3) is 0 Å². The van der Waals surface area contributed by atoms with E-state index in [1.807, 2.05) is 37.3 Å². The lowest BCUT2D eigenvalue weighted by molar-refractivity contribution is -0.113. The predicted molar refractivity (Wildman–Crippen MR) is 94.4 cm³/mol. The first-order valence-electron chi connectivity index (χ1n) is 7.44. The van der Waals surface area contributed by atoms with Gasteiger partial charge in [-0.05, 0) is 53.2 Å². The molecule has 8 heteroatoms. The van der Waals surface area contributed by atoms with Gasteiger partial charge >= 0.3 is 0 Å². The lowest BCUT2D eigenvalue weighted by Crippen LogP contribution is -2.14. The molecule has 0 saturated carbocycles. The number of nitrogens with zero attached hydrogens (tertiary/aromatic N) is 5. The summed E-state index contributed by atoms with van der Waals surface area (Å²) >= 11 is 1.25. The van der Waals surface area contributed by atoms with Crippen LogP contribution in [0.3, 0.4) is 0 Å². The average Bonchev–Trinajstić information content (AvgIpc) is 3.09. The number of carbonyl (C=O) groups excluding carboxylic acids is 1. The standard InChI is InChI=1S/C17H14N6OS/c1-12-4-2-3-5-15(12)23-17(20-21-22-23)25-11-16(24)19-14-8-6-13(10-18)7-9-14/h2-9H,11H2,1H3,(H,19,24). The maximum atomic E-state index is 12.1. The number of aromatic nitrogens is 4. The molecule has 1 N–H and O–H groups in total. The number of rotatable bonds is 5. The van der Waals surface area contributed by atoms with E-state index in [4.69, 9.17) is 5.26 Å². The van der Waals surface area contributed by atoms with E-state index in [1.165, 1.54) is 11.8 Å². The molecule has 0 saturated heterocycles. The van der Waals surface area contributed by atoms with E-state index in [9.17, 15) is 4.79 Å². The molecule has 0 aliphatic carbocycles. The van der Waals surface area contributed by atoms with Gasteiger partial charge < -0.3 is 5.32 Å². The number of amides is 1. The van der Waals surface area contributed by atoms with Crippen LogP contribution < -0.4 is 5.32 Å². The topological polar surface area (TPSA) is 96.5 Å². The largest absolute Gasteiger partial charge is 0.325 e. The van der Waals surface area contributed by atoms with Gasteiger partial charge in [-0.2, -0.15) is 9.94 Å². The number of carbonyl (C=O) groups is 1. The summed E-state index contributed by atoms with van der Waals surface area (Å²) in [6, 6.07) is 16.5. The number of nitriles is 1. The first kappa shape index (κ1) is 16.7. The van der Waals surface area contributed by atoms with Crippen LogP contribution in [0.1, 0.15) is 11.1 Å². The van der Waals surface area contributed by atoms with E-state index in [1.54, 1.807) is 28.9 Å². The second-order valence-electron chi connectivity index (χ2n) is 5.19. The van der Waals surface area contributed by atoms with Crippen molar-refractivity contribution in [2.75, 3.05) is 11.1 Å². The van der Waals surface area contributed by atoms with E-state index in [-0.39, 0.29) is 11.7 Å². The minimum atomic E-state index is -0.172. The maximum absolute atomic E-state index is 12.1. The number of nitrogens with one attached hydrogen (secondary N) is 1. The van der Waals surface area contributed by atoms with Gasteiger partial charge in [0.1, 0.15) is 0 Å². The number of tetrazole rings is 1. The average molecular weight is 350 g/mol. The maximum Gasteiger partial charge on any atom is 0.234 e. The summed E-state index contributed by atoms with van der Waals surface area (Å²) in [4.78, 5) is 12.1. The van der Waals surface area contributed by atoms with Crippen molar-refractivity contribution < 1.29 is 4.79 Å². The van der Waals surface area contributed by atoms with Crippen LogP contribution in [0.4, 0.5) is 5.69 Å². The molecule has 3 rings (SSSR count). The van der Waals surface area contributed by atoms with Gasteiger partial charge in [0, 0.05) is 5.69 Å². The molecule has 1 heterocycles. The zero-order valence-electron chi connectivity index (χ0n) is 13.4. The Kier molecular flexibility index (Phi) is 5.06. The Bertz CT molecular complexity index is 929. The highest BCUT2D eigenvalue weighted by atomic mass is 32.2. The minimum Gasteiger partial charge on any atom is -0.325 e. The second-order valence-corrected chi connectivity index (χ2v) is 6.13. The Morgan fingerprint density at radius 1 is 1.24 bits per heavy atom. The number of benzene rings is 2. The van der Waals surface area contributed by atoms with Crippen molar-refractivity contribution >= 4 is 23.4 Å². The number of thioether (sulfide) groups is 1.